The highest BCUT2D eigenvalue weighted by atomic mass is 16.5. The van der Waals surface area contributed by atoms with Crippen LogP contribution in [0.1, 0.15) is 5.56 Å². The minimum atomic E-state index is 0.749. The van der Waals surface area contributed by atoms with Gasteiger partial charge in [0.2, 0.25) is 0 Å². The molecular weight excluding hydrogens is 989 g/mol. The molecule has 4 aromatic heterocycles. The minimum absolute atomic E-state index is 0.749. The first-order chi connectivity index (χ1) is 40.0. The van der Waals surface area contributed by atoms with Gasteiger partial charge in [0.05, 0.1) is 62.5 Å². The molecule has 0 amide bonds. The second-order valence-electron chi connectivity index (χ2n) is 21.3. The minimum Gasteiger partial charge on any atom is -0.457 e. The summed E-state index contributed by atoms with van der Waals surface area (Å²) in [5, 5.41) is 7.08. The van der Waals surface area contributed by atoms with Gasteiger partial charge in [0, 0.05) is 74.5 Å². The summed E-state index contributed by atoms with van der Waals surface area (Å²) in [7, 11) is 2.13. The highest BCUT2D eigenvalue weighted by molar-refractivity contribution is 6.14. The van der Waals surface area contributed by atoms with Gasteiger partial charge < -0.3 is 23.7 Å². The Morgan fingerprint density at radius 1 is 0.358 bits per heavy atom. The first-order valence-corrected chi connectivity index (χ1v) is 27.7. The lowest BCUT2D eigenvalue weighted by molar-refractivity contribution is 0.483. The highest BCUT2D eigenvalue weighted by Gasteiger charge is 2.26. The van der Waals surface area contributed by atoms with Gasteiger partial charge in [0.25, 0.3) is 0 Å². The van der Waals surface area contributed by atoms with Crippen LogP contribution in [-0.4, -0.2) is 32.4 Å². The van der Waals surface area contributed by atoms with Crippen molar-refractivity contribution in [1.29, 1.82) is 0 Å². The van der Waals surface area contributed by atoms with Crippen molar-refractivity contribution >= 4 is 82.5 Å². The van der Waals surface area contributed by atoms with Crippen molar-refractivity contribution in [1.82, 2.24) is 18.7 Å². The van der Waals surface area contributed by atoms with E-state index in [0.29, 0.717) is 0 Å². The number of hydrogen-bond acceptors (Lipinski definition) is 4. The second kappa shape index (κ2) is 18.5. The summed E-state index contributed by atoms with van der Waals surface area (Å²) in [6, 6.07) is 94.0. The summed E-state index contributed by atoms with van der Waals surface area (Å²) in [6.45, 7) is 3.00. The molecule has 7 nitrogen and oxygen atoms in total. The van der Waals surface area contributed by atoms with Crippen molar-refractivity contribution in [2.24, 2.45) is 0 Å². The first-order valence-electron chi connectivity index (χ1n) is 27.7. The van der Waals surface area contributed by atoms with Crippen LogP contribution in [0.4, 0.5) is 17.1 Å². The Kier molecular flexibility index (Phi) is 10.6. The lowest BCUT2D eigenvalue weighted by Crippen LogP contribution is -2.23. The Morgan fingerprint density at radius 2 is 0.852 bits per heavy atom. The van der Waals surface area contributed by atoms with Crippen LogP contribution in [-0.2, 0) is 0 Å². The molecule has 16 rings (SSSR count). The van der Waals surface area contributed by atoms with Gasteiger partial charge in [-0.1, -0.05) is 152 Å². The van der Waals surface area contributed by atoms with Crippen molar-refractivity contribution in [2.45, 2.75) is 6.92 Å². The van der Waals surface area contributed by atoms with Crippen LogP contribution in [0.2, 0.25) is 0 Å². The first kappa shape index (κ1) is 46.5. The lowest BCUT2D eigenvalue weighted by atomic mass is 9.98. The van der Waals surface area contributed by atoms with E-state index in [4.69, 9.17) is 9.72 Å². The number of anilines is 3. The molecule has 384 valence electrons. The zero-order valence-corrected chi connectivity index (χ0v) is 44.7. The molecule has 1 aliphatic heterocycles. The number of aryl methyl sites for hydroxylation is 1. The number of fused-ring (bicyclic) bond motifs is 10. The Labute approximate surface area is 468 Å². The van der Waals surface area contributed by atoms with Gasteiger partial charge >= 0.3 is 0 Å². The molecule has 81 heavy (non-hydrogen) atoms. The third-order valence-corrected chi connectivity index (χ3v) is 16.6. The molecule has 0 spiro atoms. The molecule has 0 saturated heterocycles. The van der Waals surface area contributed by atoms with E-state index in [-0.39, 0.29) is 0 Å². The summed E-state index contributed by atoms with van der Waals surface area (Å²) in [5.74, 6) is 2.35. The molecular formula is C74H52N6O. The van der Waals surface area contributed by atoms with E-state index < -0.39 is 0 Å². The van der Waals surface area contributed by atoms with Crippen molar-refractivity contribution in [3.8, 4) is 62.1 Å². The van der Waals surface area contributed by atoms with Gasteiger partial charge in [0.1, 0.15) is 17.3 Å². The molecule has 0 fully saturated rings. The van der Waals surface area contributed by atoms with Gasteiger partial charge in [-0.2, -0.15) is 0 Å². The Balaban J connectivity index is 0.889. The molecule has 1 aliphatic rings. The van der Waals surface area contributed by atoms with E-state index in [2.05, 4.69) is 298 Å². The monoisotopic (exact) mass is 1040 g/mol. The number of ether oxygens (including phenoxy) is 1. The SMILES string of the molecule is Cc1cc(-n2c3ccccc3c3ccc(Oc4cccc(N5CN(C)c6ccccc65)c4)cc32)ncc1-c1c(-n2c3ccccc3c3ccccc32)cccc1-n1c2ccc(-c3ccccc3)cc2c2cc(-c3ccccc3)ccc21. The molecule has 7 heteroatoms. The maximum atomic E-state index is 6.79. The summed E-state index contributed by atoms with van der Waals surface area (Å²) in [5.41, 5.74) is 20.2. The molecule has 5 heterocycles. The fraction of sp³-hybridized carbons (Fsp3) is 0.0405. The molecule has 0 unspecified atom stereocenters. The average molecular weight is 1040 g/mol. The number of benzene rings is 11. The Hall–Kier alpha value is -10.6. The van der Waals surface area contributed by atoms with Crippen molar-refractivity contribution < 1.29 is 4.74 Å². The van der Waals surface area contributed by atoms with Crippen LogP contribution in [0.3, 0.4) is 0 Å². The predicted octanol–water partition coefficient (Wildman–Crippen LogP) is 19.0. The van der Waals surface area contributed by atoms with E-state index in [1.165, 1.54) is 55.2 Å². The van der Waals surface area contributed by atoms with E-state index in [1.54, 1.807) is 0 Å². The molecule has 11 aromatic carbocycles. The smallest absolute Gasteiger partial charge is 0.137 e. The number of aromatic nitrogens is 4. The maximum absolute atomic E-state index is 6.79. The van der Waals surface area contributed by atoms with Crippen molar-refractivity contribution in [3.63, 3.8) is 0 Å². The number of nitrogens with zero attached hydrogens (tertiary/aromatic N) is 6. The lowest BCUT2D eigenvalue weighted by Gasteiger charge is -2.21. The molecule has 0 atom stereocenters. The largest absolute Gasteiger partial charge is 0.457 e. The fourth-order valence-electron chi connectivity index (χ4n) is 12.9. The average Bonchev–Trinajstić information content (AvgIpc) is 4.44. The Morgan fingerprint density at radius 3 is 1.46 bits per heavy atom. The van der Waals surface area contributed by atoms with Crippen molar-refractivity contribution in [2.75, 3.05) is 23.5 Å². The normalized spacial score (nSPS) is 12.5. The van der Waals surface area contributed by atoms with Crippen LogP contribution in [0.15, 0.2) is 267 Å². The standard InChI is InChI=1S/C74H52N6O/c1-48-41-73(80-65-30-14-11-27-58(65)59-38-37-55(45-72(59)80)81-54-24-17-23-53(44-54)77-47-76(2)68-31-15-16-32-69(68)77)75-46-62(48)74-70(78-63-28-12-9-25-56(63)57-26-10-13-29-64(57)78)33-18-34-71(74)79-66-39-35-51(49-19-5-3-6-20-49)42-60(66)61-43-52(36-40-67(61)79)50-21-7-4-8-22-50/h3-46H,47H2,1-2H3. The van der Waals surface area contributed by atoms with Crippen LogP contribution in [0.5, 0.6) is 11.5 Å². The van der Waals surface area contributed by atoms with Crippen LogP contribution >= 0.6 is 0 Å². The third kappa shape index (κ3) is 7.47. The summed E-state index contributed by atoms with van der Waals surface area (Å²) in [4.78, 5) is 10.1. The van der Waals surface area contributed by atoms with E-state index in [1.807, 2.05) is 6.07 Å². The van der Waals surface area contributed by atoms with Crippen molar-refractivity contribution in [3.05, 3.63) is 273 Å². The van der Waals surface area contributed by atoms with Crippen LogP contribution in [0, 0.1) is 6.92 Å². The predicted molar refractivity (Wildman–Crippen MR) is 337 cm³/mol. The van der Waals surface area contributed by atoms with Gasteiger partial charge in [0.15, 0.2) is 0 Å². The molecule has 0 N–H and O–H groups in total. The maximum Gasteiger partial charge on any atom is 0.137 e. The number of rotatable bonds is 9. The van der Waals surface area contributed by atoms with Gasteiger partial charge in [-0.25, -0.2) is 4.98 Å². The zero-order valence-electron chi connectivity index (χ0n) is 44.7. The summed E-state index contributed by atoms with van der Waals surface area (Å²) >= 11 is 0. The van der Waals surface area contributed by atoms with Crippen LogP contribution < -0.4 is 14.5 Å². The molecule has 15 aromatic rings. The molecule has 0 saturated carbocycles. The van der Waals surface area contributed by atoms with E-state index in [9.17, 15) is 0 Å². The second-order valence-corrected chi connectivity index (χ2v) is 21.3. The van der Waals surface area contributed by atoms with E-state index >= 15 is 0 Å². The molecule has 0 bridgehead atoms. The summed E-state index contributed by atoms with van der Waals surface area (Å²) in [6.07, 6.45) is 2.11. The molecule has 0 aliphatic carbocycles. The zero-order chi connectivity index (χ0) is 53.7. The van der Waals surface area contributed by atoms with E-state index in [0.717, 1.165) is 102 Å². The number of pyridine rings is 1. The quantitative estimate of drug-likeness (QED) is 0.144. The summed E-state index contributed by atoms with van der Waals surface area (Å²) < 4.78 is 14.0. The molecule has 0 radical (unpaired) electrons. The topological polar surface area (TPSA) is 43.4 Å². The Bertz CT molecular complexity index is 4840. The number of hydrogen-bond donors (Lipinski definition) is 0. The third-order valence-electron chi connectivity index (χ3n) is 16.6. The van der Waals surface area contributed by atoms with Gasteiger partial charge in [-0.15, -0.1) is 0 Å². The van der Waals surface area contributed by atoms with Gasteiger partial charge in [-0.3, -0.25) is 4.57 Å². The van der Waals surface area contributed by atoms with Crippen LogP contribution in [0.25, 0.3) is 116 Å². The number of para-hydroxylation sites is 5. The fourth-order valence-corrected chi connectivity index (χ4v) is 12.9. The highest BCUT2D eigenvalue weighted by Crippen LogP contribution is 2.46. The van der Waals surface area contributed by atoms with Gasteiger partial charge in [-0.05, 0) is 132 Å².